The summed E-state index contributed by atoms with van der Waals surface area (Å²) in [6.45, 7) is 0. The van der Waals surface area contributed by atoms with Gasteiger partial charge in [-0.1, -0.05) is 17.7 Å². The van der Waals surface area contributed by atoms with E-state index in [9.17, 15) is 14.9 Å². The van der Waals surface area contributed by atoms with Gasteiger partial charge in [0.2, 0.25) is 5.91 Å². The zero-order valence-electron chi connectivity index (χ0n) is 12.2. The number of carbonyl (C=O) groups excluding carboxylic acids is 1. The molecule has 0 saturated heterocycles. The Bertz CT molecular complexity index is 806. The second-order valence-electron chi connectivity index (χ2n) is 4.64. The van der Waals surface area contributed by atoms with Crippen LogP contribution in [0.2, 0.25) is 5.02 Å². The topological polar surface area (TPSA) is 84.3 Å². The summed E-state index contributed by atoms with van der Waals surface area (Å²) in [7, 11) is 0. The molecule has 0 aliphatic heterocycles. The molecule has 2 aromatic rings. The number of anilines is 1. The summed E-state index contributed by atoms with van der Waals surface area (Å²) in [5, 5.41) is 16.6. The summed E-state index contributed by atoms with van der Waals surface area (Å²) >= 11 is 10.9. The highest BCUT2D eigenvalue weighted by Crippen LogP contribution is 2.15. The Morgan fingerprint density at radius 1 is 1.21 bits per heavy atom. The molecule has 0 atom stereocenters. The van der Waals surface area contributed by atoms with Crippen molar-refractivity contribution in [2.75, 3.05) is 5.32 Å². The zero-order chi connectivity index (χ0) is 17.5. The van der Waals surface area contributed by atoms with E-state index in [-0.39, 0.29) is 10.8 Å². The van der Waals surface area contributed by atoms with Crippen molar-refractivity contribution in [3.8, 4) is 0 Å². The average Bonchev–Trinajstić information content (AvgIpc) is 2.53. The van der Waals surface area contributed by atoms with Crippen LogP contribution >= 0.6 is 23.8 Å². The highest BCUT2D eigenvalue weighted by Gasteiger charge is 2.04. The fourth-order valence-electron chi connectivity index (χ4n) is 1.76. The molecule has 0 aromatic heterocycles. The largest absolute Gasteiger partial charge is 0.332 e. The number of benzene rings is 2. The fourth-order valence-corrected chi connectivity index (χ4v) is 2.17. The van der Waals surface area contributed by atoms with Gasteiger partial charge in [-0.15, -0.1) is 0 Å². The van der Waals surface area contributed by atoms with Crippen molar-refractivity contribution in [3.05, 3.63) is 75.3 Å². The van der Waals surface area contributed by atoms with Gasteiger partial charge < -0.3 is 5.32 Å². The first-order valence-corrected chi connectivity index (χ1v) is 7.53. The first-order valence-electron chi connectivity index (χ1n) is 6.74. The lowest BCUT2D eigenvalue weighted by molar-refractivity contribution is -0.384. The molecule has 0 radical (unpaired) electrons. The van der Waals surface area contributed by atoms with Gasteiger partial charge in [0, 0.05) is 28.9 Å². The Morgan fingerprint density at radius 3 is 2.54 bits per heavy atom. The van der Waals surface area contributed by atoms with Crippen LogP contribution in [0.3, 0.4) is 0 Å². The summed E-state index contributed by atoms with van der Waals surface area (Å²) in [6.07, 6.45) is 2.81. The number of nitro benzene ring substituents is 1. The molecule has 1 amide bonds. The number of non-ortho nitro benzene ring substituents is 1. The maximum absolute atomic E-state index is 11.8. The molecule has 0 aliphatic carbocycles. The third-order valence-electron chi connectivity index (χ3n) is 2.85. The summed E-state index contributed by atoms with van der Waals surface area (Å²) in [6, 6.07) is 12.7. The van der Waals surface area contributed by atoms with E-state index in [1.54, 1.807) is 36.4 Å². The molecular formula is C16H12ClN3O3S. The lowest BCUT2D eigenvalue weighted by Gasteiger charge is -2.08. The summed E-state index contributed by atoms with van der Waals surface area (Å²) in [5.74, 6) is -0.423. The molecule has 2 N–H and O–H groups in total. The van der Waals surface area contributed by atoms with Gasteiger partial charge in [0.1, 0.15) is 0 Å². The van der Waals surface area contributed by atoms with Gasteiger partial charge in [-0.3, -0.25) is 20.2 Å². The van der Waals surface area contributed by atoms with E-state index in [2.05, 4.69) is 10.6 Å². The van der Waals surface area contributed by atoms with Gasteiger partial charge in [-0.25, -0.2) is 0 Å². The minimum Gasteiger partial charge on any atom is -0.332 e. The standard InChI is InChI=1S/C16H12ClN3O3S/c17-12-2-1-3-13(10-12)18-16(24)19-15(21)9-6-11-4-7-14(8-5-11)20(22)23/h1-10H,(H2,18,19,21,24)/b9-6+. The Morgan fingerprint density at radius 2 is 1.92 bits per heavy atom. The number of nitrogens with one attached hydrogen (secondary N) is 2. The van der Waals surface area contributed by atoms with Crippen molar-refractivity contribution in [1.29, 1.82) is 0 Å². The maximum atomic E-state index is 11.8. The van der Waals surface area contributed by atoms with E-state index in [1.807, 2.05) is 0 Å². The van der Waals surface area contributed by atoms with E-state index < -0.39 is 10.8 Å². The van der Waals surface area contributed by atoms with Crippen molar-refractivity contribution in [1.82, 2.24) is 5.32 Å². The van der Waals surface area contributed by atoms with Crippen molar-refractivity contribution >= 4 is 52.3 Å². The number of amides is 1. The normalized spacial score (nSPS) is 10.4. The monoisotopic (exact) mass is 361 g/mol. The average molecular weight is 362 g/mol. The van der Waals surface area contributed by atoms with Gasteiger partial charge in [-0.05, 0) is 54.2 Å². The first-order chi connectivity index (χ1) is 11.4. The SMILES string of the molecule is O=C(/C=C/c1ccc([N+](=O)[O-])cc1)NC(=S)Nc1cccc(Cl)c1. The third kappa shape index (κ3) is 5.45. The van der Waals surface area contributed by atoms with Crippen LogP contribution in [0, 0.1) is 10.1 Å². The van der Waals surface area contributed by atoms with E-state index in [4.69, 9.17) is 23.8 Å². The van der Waals surface area contributed by atoms with Gasteiger partial charge in [0.05, 0.1) is 4.92 Å². The van der Waals surface area contributed by atoms with Gasteiger partial charge in [-0.2, -0.15) is 0 Å². The second-order valence-corrected chi connectivity index (χ2v) is 5.48. The molecular weight excluding hydrogens is 350 g/mol. The number of thiocarbonyl (C=S) groups is 1. The van der Waals surface area contributed by atoms with Gasteiger partial charge in [0.15, 0.2) is 5.11 Å². The number of hydrogen-bond donors (Lipinski definition) is 2. The quantitative estimate of drug-likeness (QED) is 0.375. The molecule has 0 aliphatic rings. The van der Waals surface area contributed by atoms with Crippen LogP contribution in [0.4, 0.5) is 11.4 Å². The van der Waals surface area contributed by atoms with Gasteiger partial charge >= 0.3 is 0 Å². The molecule has 2 rings (SSSR count). The number of nitro groups is 1. The fraction of sp³-hybridized carbons (Fsp3) is 0. The number of nitrogens with zero attached hydrogens (tertiary/aromatic N) is 1. The summed E-state index contributed by atoms with van der Waals surface area (Å²) < 4.78 is 0. The maximum Gasteiger partial charge on any atom is 0.269 e. The van der Waals surface area contributed by atoms with Crippen LogP contribution in [0.25, 0.3) is 6.08 Å². The molecule has 0 saturated carbocycles. The Hall–Kier alpha value is -2.77. The van der Waals surface area contributed by atoms with Crippen LogP contribution in [0.1, 0.15) is 5.56 Å². The van der Waals surface area contributed by atoms with Gasteiger partial charge in [0.25, 0.3) is 5.69 Å². The van der Waals surface area contributed by atoms with Crippen LogP contribution in [-0.4, -0.2) is 15.9 Å². The lowest BCUT2D eigenvalue weighted by Crippen LogP contribution is -2.32. The molecule has 0 fully saturated rings. The van der Waals surface area contributed by atoms with E-state index >= 15 is 0 Å². The van der Waals surface area contributed by atoms with E-state index in [0.717, 1.165) is 0 Å². The predicted molar refractivity (Wildman–Crippen MR) is 97.9 cm³/mol. The molecule has 2 aromatic carbocycles. The Labute approximate surface area is 148 Å². The molecule has 122 valence electrons. The molecule has 0 unspecified atom stereocenters. The number of hydrogen-bond acceptors (Lipinski definition) is 4. The zero-order valence-corrected chi connectivity index (χ0v) is 13.8. The van der Waals surface area contributed by atoms with E-state index in [1.165, 1.54) is 24.3 Å². The Balaban J connectivity index is 1.90. The third-order valence-corrected chi connectivity index (χ3v) is 3.29. The molecule has 8 heteroatoms. The molecule has 24 heavy (non-hydrogen) atoms. The van der Waals surface area contributed by atoms with Crippen LogP contribution < -0.4 is 10.6 Å². The molecule has 0 bridgehead atoms. The first kappa shape index (κ1) is 17.6. The summed E-state index contributed by atoms with van der Waals surface area (Å²) in [5.41, 5.74) is 1.31. The lowest BCUT2D eigenvalue weighted by atomic mass is 10.2. The summed E-state index contributed by atoms with van der Waals surface area (Å²) in [4.78, 5) is 21.9. The minimum atomic E-state index is -0.486. The predicted octanol–water partition coefficient (Wildman–Crippen LogP) is 3.77. The van der Waals surface area contributed by atoms with Crippen molar-refractivity contribution in [2.24, 2.45) is 0 Å². The van der Waals surface area contributed by atoms with Crippen LogP contribution in [0.15, 0.2) is 54.6 Å². The van der Waals surface area contributed by atoms with Crippen molar-refractivity contribution < 1.29 is 9.72 Å². The van der Waals surface area contributed by atoms with Crippen molar-refractivity contribution in [2.45, 2.75) is 0 Å². The number of rotatable bonds is 4. The minimum absolute atomic E-state index is 0.0106. The molecule has 6 nitrogen and oxygen atoms in total. The molecule has 0 spiro atoms. The van der Waals surface area contributed by atoms with Crippen LogP contribution in [-0.2, 0) is 4.79 Å². The smallest absolute Gasteiger partial charge is 0.269 e. The molecule has 0 heterocycles. The second kappa shape index (κ2) is 8.19. The van der Waals surface area contributed by atoms with E-state index in [0.29, 0.717) is 16.3 Å². The highest BCUT2D eigenvalue weighted by atomic mass is 35.5. The van der Waals surface area contributed by atoms with Crippen molar-refractivity contribution in [3.63, 3.8) is 0 Å². The number of carbonyl (C=O) groups is 1. The van der Waals surface area contributed by atoms with Crippen LogP contribution in [0.5, 0.6) is 0 Å². The highest BCUT2D eigenvalue weighted by molar-refractivity contribution is 7.80. The Kier molecular flexibility index (Phi) is 6.00. The number of halogens is 1.